The van der Waals surface area contributed by atoms with E-state index in [2.05, 4.69) is 22.3 Å². The van der Waals surface area contributed by atoms with Gasteiger partial charge in [0.05, 0.1) is 13.2 Å². The first-order valence-electron chi connectivity index (χ1n) is 6.69. The molecule has 0 aliphatic heterocycles. The normalized spacial score (nSPS) is 12.4. The largest absolute Gasteiger partial charge is 0.465 e. The van der Waals surface area contributed by atoms with Crippen LogP contribution in [0.3, 0.4) is 0 Å². The van der Waals surface area contributed by atoms with E-state index in [1.807, 2.05) is 39.2 Å². The molecule has 1 N–H and O–H groups in total. The van der Waals surface area contributed by atoms with Crippen LogP contribution in [0, 0.1) is 0 Å². The monoisotopic (exact) mass is 264 g/mol. The zero-order valence-electron chi connectivity index (χ0n) is 12.1. The van der Waals surface area contributed by atoms with E-state index in [1.54, 1.807) is 0 Å². The van der Waals surface area contributed by atoms with Crippen molar-refractivity contribution in [3.05, 3.63) is 35.9 Å². The molecule has 0 radical (unpaired) electrons. The number of hydrogen-bond donors (Lipinski definition) is 1. The number of nitrogens with one attached hydrogen (secondary N) is 1. The van der Waals surface area contributed by atoms with Crippen LogP contribution in [0.2, 0.25) is 0 Å². The van der Waals surface area contributed by atoms with Crippen LogP contribution in [0.4, 0.5) is 0 Å². The van der Waals surface area contributed by atoms with E-state index in [9.17, 15) is 4.79 Å². The van der Waals surface area contributed by atoms with Crippen molar-refractivity contribution in [2.45, 2.75) is 19.4 Å². The maximum atomic E-state index is 11.4. The third-order valence-electron chi connectivity index (χ3n) is 2.75. The molecule has 0 saturated carbocycles. The lowest BCUT2D eigenvalue weighted by atomic mass is 10.1. The van der Waals surface area contributed by atoms with Crippen molar-refractivity contribution in [2.75, 3.05) is 33.8 Å². The lowest BCUT2D eigenvalue weighted by Gasteiger charge is -2.22. The lowest BCUT2D eigenvalue weighted by Crippen LogP contribution is -2.42. The number of ether oxygens (including phenoxy) is 1. The second-order valence-corrected chi connectivity index (χ2v) is 4.83. The Bertz CT molecular complexity index is 366. The number of hydrogen-bond acceptors (Lipinski definition) is 4. The zero-order valence-corrected chi connectivity index (χ0v) is 12.1. The van der Waals surface area contributed by atoms with Gasteiger partial charge in [-0.2, -0.15) is 0 Å². The highest BCUT2D eigenvalue weighted by Crippen LogP contribution is 2.04. The second-order valence-electron chi connectivity index (χ2n) is 4.83. The first-order valence-corrected chi connectivity index (χ1v) is 6.69. The fourth-order valence-corrected chi connectivity index (χ4v) is 1.98. The number of carbonyl (C=O) groups is 1. The molecule has 0 bridgehead atoms. The highest BCUT2D eigenvalue weighted by atomic mass is 16.5. The van der Waals surface area contributed by atoms with Gasteiger partial charge in [0.25, 0.3) is 0 Å². The van der Waals surface area contributed by atoms with Crippen molar-refractivity contribution in [3.63, 3.8) is 0 Å². The van der Waals surface area contributed by atoms with E-state index in [1.165, 1.54) is 5.56 Å². The van der Waals surface area contributed by atoms with Gasteiger partial charge in [-0.1, -0.05) is 30.3 Å². The number of esters is 1. The van der Waals surface area contributed by atoms with Gasteiger partial charge in [0.15, 0.2) is 0 Å². The average Bonchev–Trinajstić information content (AvgIpc) is 2.37. The molecule has 0 aromatic heterocycles. The Morgan fingerprint density at radius 1 is 1.32 bits per heavy atom. The summed E-state index contributed by atoms with van der Waals surface area (Å²) in [6.45, 7) is 3.39. The summed E-state index contributed by atoms with van der Waals surface area (Å²) in [7, 11) is 4.06. The molecular weight excluding hydrogens is 240 g/mol. The topological polar surface area (TPSA) is 41.6 Å². The van der Waals surface area contributed by atoms with Crippen LogP contribution in [-0.4, -0.2) is 50.7 Å². The number of nitrogens with zero attached hydrogens (tertiary/aromatic N) is 1. The number of rotatable bonds is 8. The standard InChI is InChI=1S/C15H24N2O2/c1-4-19-15(18)11-16-14(12-17(2)3)10-13-8-6-5-7-9-13/h5-9,14,16H,4,10-12H2,1-3H3/t14-/m0/s1. The SMILES string of the molecule is CCOC(=O)CN[C@@H](Cc1ccccc1)CN(C)C. The fraction of sp³-hybridized carbons (Fsp3) is 0.533. The van der Waals surface area contributed by atoms with E-state index < -0.39 is 0 Å². The molecule has 0 unspecified atom stereocenters. The lowest BCUT2D eigenvalue weighted by molar-refractivity contribution is -0.142. The van der Waals surface area contributed by atoms with Crippen LogP contribution in [0.25, 0.3) is 0 Å². The summed E-state index contributed by atoms with van der Waals surface area (Å²) < 4.78 is 4.93. The van der Waals surface area contributed by atoms with Crippen LogP contribution in [0.1, 0.15) is 12.5 Å². The van der Waals surface area contributed by atoms with E-state index in [4.69, 9.17) is 4.74 Å². The maximum Gasteiger partial charge on any atom is 0.319 e. The molecule has 0 amide bonds. The molecule has 19 heavy (non-hydrogen) atoms. The summed E-state index contributed by atoms with van der Waals surface area (Å²) >= 11 is 0. The minimum Gasteiger partial charge on any atom is -0.465 e. The highest BCUT2D eigenvalue weighted by molar-refractivity contribution is 5.71. The van der Waals surface area contributed by atoms with Gasteiger partial charge in [-0.05, 0) is 33.0 Å². The van der Waals surface area contributed by atoms with Crippen LogP contribution < -0.4 is 5.32 Å². The third-order valence-corrected chi connectivity index (χ3v) is 2.75. The van der Waals surface area contributed by atoms with E-state index in [-0.39, 0.29) is 18.6 Å². The van der Waals surface area contributed by atoms with Crippen molar-refractivity contribution in [2.24, 2.45) is 0 Å². The van der Waals surface area contributed by atoms with Crippen molar-refractivity contribution in [1.29, 1.82) is 0 Å². The van der Waals surface area contributed by atoms with Crippen LogP contribution in [0.5, 0.6) is 0 Å². The Hall–Kier alpha value is -1.39. The molecule has 0 aliphatic rings. The van der Waals surface area contributed by atoms with Crippen molar-refractivity contribution < 1.29 is 9.53 Å². The van der Waals surface area contributed by atoms with Gasteiger partial charge in [0.2, 0.25) is 0 Å². The number of benzene rings is 1. The van der Waals surface area contributed by atoms with Gasteiger partial charge >= 0.3 is 5.97 Å². The van der Waals surface area contributed by atoms with Crippen molar-refractivity contribution >= 4 is 5.97 Å². The molecule has 106 valence electrons. The summed E-state index contributed by atoms with van der Waals surface area (Å²) in [4.78, 5) is 13.5. The van der Waals surface area contributed by atoms with E-state index >= 15 is 0 Å². The Morgan fingerprint density at radius 3 is 2.58 bits per heavy atom. The fourth-order valence-electron chi connectivity index (χ4n) is 1.98. The molecule has 1 aromatic rings. The molecule has 0 heterocycles. The molecule has 4 nitrogen and oxygen atoms in total. The average molecular weight is 264 g/mol. The zero-order chi connectivity index (χ0) is 14.1. The summed E-state index contributed by atoms with van der Waals surface area (Å²) in [5.74, 6) is -0.195. The molecule has 1 rings (SSSR count). The summed E-state index contributed by atoms with van der Waals surface area (Å²) in [6, 6.07) is 10.5. The van der Waals surface area contributed by atoms with Gasteiger partial charge in [-0.25, -0.2) is 0 Å². The smallest absolute Gasteiger partial charge is 0.319 e. The molecule has 4 heteroatoms. The predicted octanol–water partition coefficient (Wildman–Crippen LogP) is 1.31. The minimum atomic E-state index is -0.195. The molecule has 0 fully saturated rings. The Balaban J connectivity index is 2.49. The van der Waals surface area contributed by atoms with Crippen molar-refractivity contribution in [1.82, 2.24) is 10.2 Å². The molecule has 0 spiro atoms. The van der Waals surface area contributed by atoms with E-state index in [0.29, 0.717) is 6.61 Å². The van der Waals surface area contributed by atoms with Crippen molar-refractivity contribution in [3.8, 4) is 0 Å². The summed E-state index contributed by atoms with van der Waals surface area (Å²) in [5, 5.41) is 3.27. The summed E-state index contributed by atoms with van der Waals surface area (Å²) in [6.07, 6.45) is 0.901. The van der Waals surface area contributed by atoms with Crippen LogP contribution in [0.15, 0.2) is 30.3 Å². The Morgan fingerprint density at radius 2 is 2.00 bits per heavy atom. The Kier molecular flexibility index (Phi) is 7.15. The number of carbonyl (C=O) groups excluding carboxylic acids is 1. The second kappa shape index (κ2) is 8.67. The first kappa shape index (κ1) is 15.7. The molecule has 0 aliphatic carbocycles. The molecule has 1 aromatic carbocycles. The van der Waals surface area contributed by atoms with Gasteiger partial charge in [0.1, 0.15) is 0 Å². The van der Waals surface area contributed by atoms with Gasteiger partial charge in [-0.3, -0.25) is 4.79 Å². The predicted molar refractivity (Wildman–Crippen MR) is 77.1 cm³/mol. The van der Waals surface area contributed by atoms with Gasteiger partial charge in [0, 0.05) is 12.6 Å². The van der Waals surface area contributed by atoms with Gasteiger partial charge in [-0.15, -0.1) is 0 Å². The number of likely N-dealkylation sites (N-methyl/N-ethyl adjacent to an activating group) is 1. The summed E-state index contributed by atoms with van der Waals surface area (Å²) in [5.41, 5.74) is 1.27. The first-order chi connectivity index (χ1) is 9.11. The molecular formula is C15H24N2O2. The molecule has 0 saturated heterocycles. The maximum absolute atomic E-state index is 11.4. The van der Waals surface area contributed by atoms with Crippen LogP contribution >= 0.6 is 0 Å². The highest BCUT2D eigenvalue weighted by Gasteiger charge is 2.12. The van der Waals surface area contributed by atoms with Gasteiger partial charge < -0.3 is 15.0 Å². The van der Waals surface area contributed by atoms with Crippen LogP contribution in [-0.2, 0) is 16.0 Å². The van der Waals surface area contributed by atoms with E-state index in [0.717, 1.165) is 13.0 Å². The molecule has 1 atom stereocenters. The quantitative estimate of drug-likeness (QED) is 0.719. The Labute approximate surface area is 115 Å². The minimum absolute atomic E-state index is 0.195. The third kappa shape index (κ3) is 6.94.